The molecule has 1 aliphatic rings. The molecular weight excluding hydrogens is 358 g/mol. The number of aromatic nitrogens is 4. The third kappa shape index (κ3) is 2.96. The molecule has 0 atom stereocenters. The number of nitrogens with two attached hydrogens (primary N) is 1. The highest BCUT2D eigenvalue weighted by Crippen LogP contribution is 2.37. The van der Waals surface area contributed by atoms with Crippen LogP contribution in [0.2, 0.25) is 0 Å². The Morgan fingerprint density at radius 1 is 1.14 bits per heavy atom. The topological polar surface area (TPSA) is 133 Å². The van der Waals surface area contributed by atoms with E-state index < -0.39 is 0 Å². The summed E-state index contributed by atoms with van der Waals surface area (Å²) in [5.41, 5.74) is 9.42. The quantitative estimate of drug-likeness (QED) is 0.261. The van der Waals surface area contributed by atoms with Crippen LogP contribution in [0.1, 0.15) is 43.8 Å². The molecule has 1 aliphatic carbocycles. The number of H-pyrrole nitrogens is 1. The first kappa shape index (κ1) is 18.3. The van der Waals surface area contributed by atoms with Gasteiger partial charge in [0.2, 0.25) is 0 Å². The van der Waals surface area contributed by atoms with Crippen LogP contribution >= 0.6 is 0 Å². The Bertz CT molecular complexity index is 1110. The highest BCUT2D eigenvalue weighted by Gasteiger charge is 2.24. The Morgan fingerprint density at radius 3 is 2.68 bits per heavy atom. The molecular formula is C20H23N5O3. The lowest BCUT2D eigenvalue weighted by atomic mass is 9.89. The lowest BCUT2D eigenvalue weighted by Crippen LogP contribution is -2.09. The molecule has 1 saturated carbocycles. The van der Waals surface area contributed by atoms with E-state index in [0.29, 0.717) is 17.3 Å². The highest BCUT2D eigenvalue weighted by atomic mass is 17.0. The molecule has 0 bridgehead atoms. The number of para-hydroxylation sites is 1. The molecule has 0 unspecified atom stereocenters. The van der Waals surface area contributed by atoms with Gasteiger partial charge in [-0.15, -0.1) is 0 Å². The van der Waals surface area contributed by atoms with Crippen molar-refractivity contribution < 1.29 is 15.6 Å². The van der Waals surface area contributed by atoms with Gasteiger partial charge < -0.3 is 15.8 Å². The van der Waals surface area contributed by atoms with Crippen LogP contribution in [-0.2, 0) is 0 Å². The van der Waals surface area contributed by atoms with Gasteiger partial charge in [-0.2, -0.15) is 0 Å². The van der Waals surface area contributed by atoms with Crippen molar-refractivity contribution >= 4 is 22.2 Å². The minimum Gasteiger partial charge on any atom is -0.506 e. The van der Waals surface area contributed by atoms with E-state index in [1.807, 2.05) is 24.4 Å². The largest absolute Gasteiger partial charge is 0.506 e. The SMILES string of the molecule is Nc1nccn2c(C3CCCCC3)nc(-c3cc4cccc(O)c4[nH]3)c12.OO. The van der Waals surface area contributed by atoms with Crippen LogP contribution in [0.15, 0.2) is 36.7 Å². The monoisotopic (exact) mass is 381 g/mol. The number of nitrogens with zero attached hydrogens (tertiary/aromatic N) is 3. The van der Waals surface area contributed by atoms with E-state index in [1.54, 1.807) is 12.3 Å². The zero-order chi connectivity index (χ0) is 19.7. The number of hydrogen-bond donors (Lipinski definition) is 5. The van der Waals surface area contributed by atoms with Crippen molar-refractivity contribution in [1.29, 1.82) is 0 Å². The third-order valence-electron chi connectivity index (χ3n) is 5.47. The Labute approximate surface area is 161 Å². The van der Waals surface area contributed by atoms with Gasteiger partial charge in [-0.05, 0) is 25.0 Å². The summed E-state index contributed by atoms with van der Waals surface area (Å²) in [5.74, 6) is 2.21. The number of nitrogens with one attached hydrogen (secondary N) is 1. The van der Waals surface area contributed by atoms with Crippen molar-refractivity contribution in [3.05, 3.63) is 42.5 Å². The van der Waals surface area contributed by atoms with Crippen molar-refractivity contribution in [2.45, 2.75) is 38.0 Å². The van der Waals surface area contributed by atoms with Crippen LogP contribution in [0.4, 0.5) is 5.82 Å². The Hall–Kier alpha value is -3.10. The van der Waals surface area contributed by atoms with Crippen LogP contribution in [0, 0.1) is 0 Å². The molecule has 5 rings (SSSR count). The maximum atomic E-state index is 10.1. The van der Waals surface area contributed by atoms with Crippen molar-refractivity contribution in [3.8, 4) is 17.1 Å². The maximum absolute atomic E-state index is 10.1. The summed E-state index contributed by atoms with van der Waals surface area (Å²) in [6.45, 7) is 0. The van der Waals surface area contributed by atoms with Gasteiger partial charge >= 0.3 is 0 Å². The number of aromatic amines is 1. The number of aromatic hydroxyl groups is 1. The lowest BCUT2D eigenvalue weighted by Gasteiger charge is -2.20. The molecule has 8 nitrogen and oxygen atoms in total. The number of benzene rings is 1. The smallest absolute Gasteiger partial charge is 0.150 e. The molecule has 28 heavy (non-hydrogen) atoms. The van der Waals surface area contributed by atoms with Gasteiger partial charge in [-0.25, -0.2) is 9.97 Å². The molecule has 1 fully saturated rings. The van der Waals surface area contributed by atoms with Crippen LogP contribution < -0.4 is 5.73 Å². The van der Waals surface area contributed by atoms with E-state index >= 15 is 0 Å². The van der Waals surface area contributed by atoms with Crippen LogP contribution in [0.3, 0.4) is 0 Å². The molecule has 1 aromatic carbocycles. The Morgan fingerprint density at radius 2 is 1.93 bits per heavy atom. The number of hydrogen-bond acceptors (Lipinski definition) is 6. The summed E-state index contributed by atoms with van der Waals surface area (Å²) in [6.07, 6.45) is 9.80. The fourth-order valence-corrected chi connectivity index (χ4v) is 4.19. The molecule has 0 amide bonds. The molecule has 6 N–H and O–H groups in total. The molecule has 146 valence electrons. The molecule has 0 radical (unpaired) electrons. The fourth-order valence-electron chi connectivity index (χ4n) is 4.19. The molecule has 0 aliphatic heterocycles. The average molecular weight is 381 g/mol. The van der Waals surface area contributed by atoms with Crippen molar-refractivity contribution in [2.24, 2.45) is 0 Å². The summed E-state index contributed by atoms with van der Waals surface area (Å²) in [6, 6.07) is 7.49. The second-order valence-corrected chi connectivity index (χ2v) is 7.11. The molecule has 0 saturated heterocycles. The standard InChI is InChI=1S/C20H21N5O.H2O2/c21-19-18-17(14-11-13-7-4-8-15(26)16(13)23-14)24-20(25(18)10-9-22-19)12-5-2-1-3-6-12;1-2/h4,7-12,23,26H,1-3,5-6H2,(H2,21,22);1-2H. The maximum Gasteiger partial charge on any atom is 0.150 e. The molecule has 3 heterocycles. The number of rotatable bonds is 2. The number of imidazole rings is 1. The summed E-state index contributed by atoms with van der Waals surface area (Å²) >= 11 is 0. The van der Waals surface area contributed by atoms with E-state index in [-0.39, 0.29) is 5.75 Å². The minimum absolute atomic E-state index is 0.232. The van der Waals surface area contributed by atoms with E-state index in [2.05, 4.69) is 14.4 Å². The number of phenolic OH excluding ortho intramolecular Hbond substituents is 1. The summed E-state index contributed by atoms with van der Waals surface area (Å²) in [5, 5.41) is 23.1. The Balaban J connectivity index is 0.000000932. The average Bonchev–Trinajstić information content (AvgIpc) is 3.33. The van der Waals surface area contributed by atoms with Crippen molar-refractivity contribution in [2.75, 3.05) is 5.73 Å². The predicted molar refractivity (Wildman–Crippen MR) is 107 cm³/mol. The van der Waals surface area contributed by atoms with E-state index in [0.717, 1.165) is 41.0 Å². The van der Waals surface area contributed by atoms with E-state index in [1.165, 1.54) is 19.3 Å². The van der Waals surface area contributed by atoms with E-state index in [4.69, 9.17) is 21.2 Å². The minimum atomic E-state index is 0.232. The van der Waals surface area contributed by atoms with Crippen LogP contribution in [-0.4, -0.2) is 35.0 Å². The summed E-state index contributed by atoms with van der Waals surface area (Å²) in [4.78, 5) is 12.6. The van der Waals surface area contributed by atoms with Gasteiger partial charge in [0, 0.05) is 23.7 Å². The third-order valence-corrected chi connectivity index (χ3v) is 5.47. The van der Waals surface area contributed by atoms with Crippen molar-refractivity contribution in [1.82, 2.24) is 19.4 Å². The first-order chi connectivity index (χ1) is 13.7. The first-order valence-electron chi connectivity index (χ1n) is 9.36. The summed E-state index contributed by atoms with van der Waals surface area (Å²) in [7, 11) is 0. The van der Waals surface area contributed by atoms with Gasteiger partial charge in [-0.1, -0.05) is 31.4 Å². The number of phenols is 1. The number of fused-ring (bicyclic) bond motifs is 2. The molecule has 0 spiro atoms. The predicted octanol–water partition coefficient (Wildman–Crippen LogP) is 4.23. The van der Waals surface area contributed by atoms with Gasteiger partial charge in [0.25, 0.3) is 0 Å². The second kappa shape index (κ2) is 7.49. The molecule has 8 heteroatoms. The zero-order valence-corrected chi connectivity index (χ0v) is 15.3. The number of anilines is 1. The van der Waals surface area contributed by atoms with Gasteiger partial charge in [-0.3, -0.25) is 14.9 Å². The van der Waals surface area contributed by atoms with Gasteiger partial charge in [0.15, 0.2) is 0 Å². The van der Waals surface area contributed by atoms with Crippen molar-refractivity contribution in [3.63, 3.8) is 0 Å². The normalized spacial score (nSPS) is 14.9. The lowest BCUT2D eigenvalue weighted by molar-refractivity contribution is -0.176. The summed E-state index contributed by atoms with van der Waals surface area (Å²) < 4.78 is 2.10. The van der Waals surface area contributed by atoms with Gasteiger partial charge in [0.1, 0.15) is 28.6 Å². The van der Waals surface area contributed by atoms with Crippen LogP contribution in [0.5, 0.6) is 5.75 Å². The number of nitrogen functional groups attached to an aromatic ring is 1. The van der Waals surface area contributed by atoms with Gasteiger partial charge in [0.05, 0.1) is 11.2 Å². The molecule has 3 aromatic heterocycles. The Kier molecular flexibility index (Phi) is 4.89. The highest BCUT2D eigenvalue weighted by molar-refractivity contribution is 5.93. The molecule has 4 aromatic rings. The van der Waals surface area contributed by atoms with Crippen LogP contribution in [0.25, 0.3) is 27.8 Å². The zero-order valence-electron chi connectivity index (χ0n) is 15.3. The first-order valence-corrected chi connectivity index (χ1v) is 9.36. The second-order valence-electron chi connectivity index (χ2n) is 7.11. The fraction of sp³-hybridized carbons (Fsp3) is 0.300. The van der Waals surface area contributed by atoms with E-state index in [9.17, 15) is 5.11 Å².